The summed E-state index contributed by atoms with van der Waals surface area (Å²) in [5, 5.41) is 0.398. The third kappa shape index (κ3) is 3.60. The van der Waals surface area contributed by atoms with Crippen LogP contribution in [0.5, 0.6) is 5.75 Å². The summed E-state index contributed by atoms with van der Waals surface area (Å²) < 4.78 is 6.15. The number of Topliss-reactive ketones (excluding diaryl/α,β-unsaturated/α-hetero) is 2. The fourth-order valence-corrected chi connectivity index (χ4v) is 5.14. The molecule has 1 aromatic heterocycles. The number of thiazole rings is 1. The zero-order chi connectivity index (χ0) is 23.1. The quantitative estimate of drug-likeness (QED) is 0.246. The molecule has 0 bridgehead atoms. The number of aromatic nitrogens is 1. The molecular weight excluding hydrogens is 436 g/mol. The number of hydrogen-bond acceptors (Lipinski definition) is 6. The Morgan fingerprint density at radius 3 is 2.33 bits per heavy atom. The lowest BCUT2D eigenvalue weighted by molar-refractivity contribution is -0.135. The van der Waals surface area contributed by atoms with Gasteiger partial charge in [0.1, 0.15) is 11.7 Å². The molecule has 1 amide bonds. The zero-order valence-electron chi connectivity index (χ0n) is 18.0. The van der Waals surface area contributed by atoms with Crippen molar-refractivity contribution in [3.8, 4) is 5.75 Å². The van der Waals surface area contributed by atoms with Crippen molar-refractivity contribution in [2.75, 3.05) is 12.0 Å². The van der Waals surface area contributed by atoms with Gasteiger partial charge in [-0.25, -0.2) is 4.98 Å². The van der Waals surface area contributed by atoms with Crippen LogP contribution in [0.25, 0.3) is 10.2 Å². The highest BCUT2D eigenvalue weighted by atomic mass is 32.1. The van der Waals surface area contributed by atoms with Crippen molar-refractivity contribution >= 4 is 44.2 Å². The van der Waals surface area contributed by atoms with E-state index in [-0.39, 0.29) is 5.78 Å². The lowest BCUT2D eigenvalue weighted by Gasteiger charge is -2.25. The van der Waals surface area contributed by atoms with Crippen LogP contribution in [-0.2, 0) is 9.59 Å². The molecule has 2 unspecified atom stereocenters. The summed E-state index contributed by atoms with van der Waals surface area (Å²) in [6, 6.07) is 20.8. The summed E-state index contributed by atoms with van der Waals surface area (Å²) in [6.45, 7) is 1.92. The normalized spacial score (nSPS) is 18.2. The van der Waals surface area contributed by atoms with Gasteiger partial charge in [0.2, 0.25) is 5.78 Å². The summed E-state index contributed by atoms with van der Waals surface area (Å²) in [5.74, 6) is -2.35. The van der Waals surface area contributed by atoms with Gasteiger partial charge in [-0.1, -0.05) is 65.4 Å². The van der Waals surface area contributed by atoms with E-state index < -0.39 is 23.7 Å². The van der Waals surface area contributed by atoms with Gasteiger partial charge in [-0.2, -0.15) is 0 Å². The number of methoxy groups -OCH3 is 1. The number of nitrogens with zero attached hydrogens (tertiary/aromatic N) is 2. The Morgan fingerprint density at radius 2 is 1.67 bits per heavy atom. The Bertz CT molecular complexity index is 1340. The third-order valence-electron chi connectivity index (χ3n) is 5.87. The molecule has 164 valence electrons. The van der Waals surface area contributed by atoms with Crippen LogP contribution in [0.3, 0.4) is 0 Å². The average Bonchev–Trinajstić information content (AvgIpc) is 3.37. The van der Waals surface area contributed by atoms with Gasteiger partial charge in [-0.05, 0) is 36.8 Å². The maximum atomic E-state index is 13.5. The van der Waals surface area contributed by atoms with Gasteiger partial charge in [0.25, 0.3) is 5.91 Å². The topological polar surface area (TPSA) is 76.6 Å². The van der Waals surface area contributed by atoms with Gasteiger partial charge in [0, 0.05) is 5.56 Å². The van der Waals surface area contributed by atoms with Crippen LogP contribution in [0.4, 0.5) is 5.13 Å². The molecule has 2 heterocycles. The van der Waals surface area contributed by atoms with Crippen molar-refractivity contribution in [1.82, 2.24) is 4.98 Å². The van der Waals surface area contributed by atoms with Crippen LogP contribution in [-0.4, -0.2) is 29.6 Å². The van der Waals surface area contributed by atoms with Crippen molar-refractivity contribution in [2.24, 2.45) is 5.92 Å². The number of para-hydroxylation sites is 1. The van der Waals surface area contributed by atoms with Crippen molar-refractivity contribution in [3.05, 3.63) is 89.5 Å². The Kier molecular flexibility index (Phi) is 5.26. The van der Waals surface area contributed by atoms with Gasteiger partial charge >= 0.3 is 0 Å². The van der Waals surface area contributed by atoms with Crippen LogP contribution in [0.2, 0.25) is 0 Å². The molecular formula is C26H20N2O4S. The zero-order valence-corrected chi connectivity index (χ0v) is 18.8. The minimum Gasteiger partial charge on any atom is -0.497 e. The molecule has 1 saturated heterocycles. The standard InChI is InChI=1S/C26H20N2O4S/c1-15-7-9-17(10-8-15)23(29)21-22(16-11-13-18(32-2)14-12-16)28(25(31)24(21)30)26-27-19-5-3-4-6-20(19)33-26/h3-14,21-22H,1-2H3. The van der Waals surface area contributed by atoms with E-state index in [1.54, 1.807) is 43.5 Å². The third-order valence-corrected chi connectivity index (χ3v) is 6.91. The molecule has 1 aliphatic heterocycles. The number of anilines is 1. The summed E-state index contributed by atoms with van der Waals surface area (Å²) in [5.41, 5.74) is 2.80. The average molecular weight is 457 g/mol. The first kappa shape index (κ1) is 21.0. The van der Waals surface area contributed by atoms with Crippen LogP contribution in [0.15, 0.2) is 72.8 Å². The van der Waals surface area contributed by atoms with Gasteiger partial charge in [-0.3, -0.25) is 19.3 Å². The second-order valence-electron chi connectivity index (χ2n) is 7.93. The van der Waals surface area contributed by atoms with Gasteiger partial charge in [-0.15, -0.1) is 0 Å². The highest BCUT2D eigenvalue weighted by Crippen LogP contribution is 2.43. The predicted octanol–water partition coefficient (Wildman–Crippen LogP) is 4.77. The summed E-state index contributed by atoms with van der Waals surface area (Å²) >= 11 is 1.32. The van der Waals surface area contributed by atoms with E-state index in [2.05, 4.69) is 4.98 Å². The smallest absolute Gasteiger partial charge is 0.297 e. The monoisotopic (exact) mass is 456 g/mol. The fraction of sp³-hybridized carbons (Fsp3) is 0.154. The number of ether oxygens (including phenoxy) is 1. The number of benzene rings is 3. The molecule has 1 fully saturated rings. The second-order valence-corrected chi connectivity index (χ2v) is 8.94. The number of carbonyl (C=O) groups is 3. The van der Waals surface area contributed by atoms with Gasteiger partial charge in [0.05, 0.1) is 23.4 Å². The first-order valence-corrected chi connectivity index (χ1v) is 11.3. The number of hydrogen-bond donors (Lipinski definition) is 0. The molecule has 1 aliphatic rings. The Labute approximate surface area is 194 Å². The summed E-state index contributed by atoms with van der Waals surface area (Å²) in [4.78, 5) is 46.0. The van der Waals surface area contributed by atoms with Crippen LogP contribution >= 0.6 is 11.3 Å². The molecule has 0 aliphatic carbocycles. The minimum atomic E-state index is -1.17. The van der Waals surface area contributed by atoms with E-state index in [9.17, 15) is 14.4 Å². The largest absolute Gasteiger partial charge is 0.497 e. The lowest BCUT2D eigenvalue weighted by atomic mass is 9.86. The number of ketones is 2. The molecule has 0 saturated carbocycles. The number of amides is 1. The summed E-state index contributed by atoms with van der Waals surface area (Å²) in [6.07, 6.45) is 0. The molecule has 4 aromatic rings. The fourth-order valence-electron chi connectivity index (χ4n) is 4.14. The molecule has 7 heteroatoms. The van der Waals surface area contributed by atoms with Crippen LogP contribution in [0.1, 0.15) is 27.5 Å². The van der Waals surface area contributed by atoms with E-state index in [1.165, 1.54) is 16.2 Å². The van der Waals surface area contributed by atoms with E-state index in [1.807, 2.05) is 43.3 Å². The van der Waals surface area contributed by atoms with Crippen LogP contribution in [0, 0.1) is 12.8 Å². The van der Waals surface area contributed by atoms with Gasteiger partial charge in [0.15, 0.2) is 10.9 Å². The number of carbonyl (C=O) groups excluding carboxylic acids is 3. The van der Waals surface area contributed by atoms with Crippen LogP contribution < -0.4 is 9.64 Å². The minimum absolute atomic E-state index is 0.377. The maximum Gasteiger partial charge on any atom is 0.297 e. The first-order valence-electron chi connectivity index (χ1n) is 10.5. The number of aryl methyl sites for hydroxylation is 1. The van der Waals surface area contributed by atoms with E-state index in [0.29, 0.717) is 22.0 Å². The number of fused-ring (bicyclic) bond motifs is 1. The SMILES string of the molecule is COc1ccc(C2C(C(=O)c3ccc(C)cc3)C(=O)C(=O)N2c2nc3ccccc3s2)cc1. The molecule has 3 aromatic carbocycles. The Balaban J connectivity index is 1.65. The Hall–Kier alpha value is -3.84. The second kappa shape index (κ2) is 8.26. The van der Waals surface area contributed by atoms with Crippen molar-refractivity contribution in [3.63, 3.8) is 0 Å². The molecule has 0 radical (unpaired) electrons. The molecule has 6 nitrogen and oxygen atoms in total. The van der Waals surface area contributed by atoms with E-state index >= 15 is 0 Å². The maximum absolute atomic E-state index is 13.5. The van der Waals surface area contributed by atoms with Crippen molar-refractivity contribution in [1.29, 1.82) is 0 Å². The van der Waals surface area contributed by atoms with Crippen molar-refractivity contribution in [2.45, 2.75) is 13.0 Å². The molecule has 5 rings (SSSR count). The van der Waals surface area contributed by atoms with Crippen molar-refractivity contribution < 1.29 is 19.1 Å². The number of rotatable bonds is 5. The van der Waals surface area contributed by atoms with Gasteiger partial charge < -0.3 is 4.74 Å². The Morgan fingerprint density at radius 1 is 0.970 bits per heavy atom. The molecule has 0 N–H and O–H groups in total. The lowest BCUT2D eigenvalue weighted by Crippen LogP contribution is -2.30. The molecule has 33 heavy (non-hydrogen) atoms. The molecule has 2 atom stereocenters. The molecule has 0 spiro atoms. The summed E-state index contributed by atoms with van der Waals surface area (Å²) in [7, 11) is 1.56. The van der Waals surface area contributed by atoms with E-state index in [4.69, 9.17) is 4.74 Å². The first-order chi connectivity index (χ1) is 16.0. The highest BCUT2D eigenvalue weighted by Gasteiger charge is 2.53. The predicted molar refractivity (Wildman–Crippen MR) is 127 cm³/mol. The van der Waals surface area contributed by atoms with E-state index in [0.717, 1.165) is 15.8 Å². The highest BCUT2D eigenvalue weighted by molar-refractivity contribution is 7.22.